The summed E-state index contributed by atoms with van der Waals surface area (Å²) in [6, 6.07) is 0.674. The summed E-state index contributed by atoms with van der Waals surface area (Å²) < 4.78 is 0.519. The van der Waals surface area contributed by atoms with Crippen molar-refractivity contribution in [1.29, 1.82) is 0 Å². The van der Waals surface area contributed by atoms with Gasteiger partial charge in [-0.1, -0.05) is 13.8 Å². The first-order valence-electron chi connectivity index (χ1n) is 5.89. The molecule has 1 nitrogen and oxygen atoms in total. The van der Waals surface area contributed by atoms with Gasteiger partial charge in [-0.25, -0.2) is 0 Å². The second-order valence-electron chi connectivity index (χ2n) is 5.31. The Morgan fingerprint density at radius 2 is 2.07 bits per heavy atom. The Morgan fingerprint density at radius 1 is 1.36 bits per heavy atom. The number of rotatable bonds is 5. The molecule has 0 amide bonds. The lowest BCUT2D eigenvalue weighted by molar-refractivity contribution is 0.417. The van der Waals surface area contributed by atoms with E-state index in [0.29, 0.717) is 10.8 Å². The van der Waals surface area contributed by atoms with Crippen LogP contribution in [0.2, 0.25) is 0 Å². The molecule has 1 aliphatic rings. The van der Waals surface area contributed by atoms with Crippen LogP contribution < -0.4 is 5.32 Å². The van der Waals surface area contributed by atoms with Crippen molar-refractivity contribution in [2.45, 2.75) is 57.7 Å². The van der Waals surface area contributed by atoms with Crippen molar-refractivity contribution in [2.75, 3.05) is 12.3 Å². The van der Waals surface area contributed by atoms with E-state index >= 15 is 0 Å². The quantitative estimate of drug-likeness (QED) is 0.755. The fourth-order valence-electron chi connectivity index (χ4n) is 2.16. The third-order valence-electron chi connectivity index (χ3n) is 2.95. The number of hydrogen-bond donors (Lipinski definition) is 1. The van der Waals surface area contributed by atoms with E-state index in [9.17, 15) is 0 Å². The van der Waals surface area contributed by atoms with Gasteiger partial charge in [0.2, 0.25) is 0 Å². The minimum Gasteiger partial charge on any atom is -0.313 e. The SMILES string of the molecule is CC(C)CC(C)NCC1(C)CCCS1. The molecule has 0 aliphatic carbocycles. The molecule has 2 unspecified atom stereocenters. The summed E-state index contributed by atoms with van der Waals surface area (Å²) in [5, 5.41) is 3.68. The van der Waals surface area contributed by atoms with Crippen LogP contribution in [0.25, 0.3) is 0 Å². The molecule has 1 aliphatic heterocycles. The summed E-state index contributed by atoms with van der Waals surface area (Å²) in [5.41, 5.74) is 0. The van der Waals surface area contributed by atoms with Crippen molar-refractivity contribution < 1.29 is 0 Å². The third kappa shape index (κ3) is 4.22. The first-order valence-corrected chi connectivity index (χ1v) is 6.88. The zero-order valence-corrected chi connectivity index (χ0v) is 10.9. The highest BCUT2D eigenvalue weighted by atomic mass is 32.2. The van der Waals surface area contributed by atoms with Crippen molar-refractivity contribution >= 4 is 11.8 Å². The molecule has 2 atom stereocenters. The molecule has 0 aromatic rings. The molecule has 0 aromatic carbocycles. The highest BCUT2D eigenvalue weighted by Gasteiger charge is 2.29. The average Bonchev–Trinajstić information content (AvgIpc) is 2.49. The van der Waals surface area contributed by atoms with Gasteiger partial charge in [0.15, 0.2) is 0 Å². The Hall–Kier alpha value is 0.310. The molecule has 1 rings (SSSR count). The van der Waals surface area contributed by atoms with E-state index in [4.69, 9.17) is 0 Å². The standard InChI is InChI=1S/C12H25NS/c1-10(2)8-11(3)13-9-12(4)6-5-7-14-12/h10-11,13H,5-9H2,1-4H3. The topological polar surface area (TPSA) is 12.0 Å². The van der Waals surface area contributed by atoms with E-state index in [0.717, 1.165) is 5.92 Å². The van der Waals surface area contributed by atoms with E-state index in [1.165, 1.54) is 31.6 Å². The van der Waals surface area contributed by atoms with E-state index in [1.54, 1.807) is 0 Å². The maximum Gasteiger partial charge on any atom is 0.0256 e. The molecular weight excluding hydrogens is 190 g/mol. The fraction of sp³-hybridized carbons (Fsp3) is 1.00. The van der Waals surface area contributed by atoms with Crippen LogP contribution >= 0.6 is 11.8 Å². The first-order chi connectivity index (χ1) is 6.52. The zero-order valence-electron chi connectivity index (χ0n) is 10.1. The molecule has 0 radical (unpaired) electrons. The zero-order chi connectivity index (χ0) is 10.6. The van der Waals surface area contributed by atoms with Gasteiger partial charge >= 0.3 is 0 Å². The Balaban J connectivity index is 2.18. The van der Waals surface area contributed by atoms with Gasteiger partial charge in [-0.15, -0.1) is 0 Å². The molecule has 1 heterocycles. The Labute approximate surface area is 93.4 Å². The minimum absolute atomic E-state index is 0.519. The molecule has 2 heteroatoms. The predicted molar refractivity (Wildman–Crippen MR) is 67.0 cm³/mol. The Morgan fingerprint density at radius 3 is 2.57 bits per heavy atom. The van der Waals surface area contributed by atoms with Crippen LogP contribution in [0, 0.1) is 5.92 Å². The molecule has 0 saturated carbocycles. The van der Waals surface area contributed by atoms with Gasteiger partial charge in [0.25, 0.3) is 0 Å². The average molecular weight is 215 g/mol. The largest absolute Gasteiger partial charge is 0.313 e. The van der Waals surface area contributed by atoms with Crippen LogP contribution in [0.5, 0.6) is 0 Å². The van der Waals surface area contributed by atoms with Gasteiger partial charge in [0.05, 0.1) is 0 Å². The highest BCUT2D eigenvalue weighted by molar-refractivity contribution is 8.00. The normalized spacial score (nSPS) is 29.8. The summed E-state index contributed by atoms with van der Waals surface area (Å²) in [6.07, 6.45) is 4.08. The van der Waals surface area contributed by atoms with Gasteiger partial charge in [0, 0.05) is 17.3 Å². The van der Waals surface area contributed by atoms with E-state index in [2.05, 4.69) is 44.8 Å². The molecular formula is C12H25NS. The molecule has 84 valence electrons. The lowest BCUT2D eigenvalue weighted by Crippen LogP contribution is -2.38. The number of hydrogen-bond acceptors (Lipinski definition) is 2. The van der Waals surface area contributed by atoms with E-state index in [-0.39, 0.29) is 0 Å². The predicted octanol–water partition coefficient (Wildman–Crippen LogP) is 3.30. The third-order valence-corrected chi connectivity index (χ3v) is 4.49. The maximum absolute atomic E-state index is 3.68. The summed E-state index contributed by atoms with van der Waals surface area (Å²) in [5.74, 6) is 2.16. The van der Waals surface area contributed by atoms with Crippen LogP contribution in [0.1, 0.15) is 47.0 Å². The lowest BCUT2D eigenvalue weighted by atomic mass is 10.0. The monoisotopic (exact) mass is 215 g/mol. The van der Waals surface area contributed by atoms with Crippen molar-refractivity contribution in [3.8, 4) is 0 Å². The second kappa shape index (κ2) is 5.41. The van der Waals surface area contributed by atoms with E-state index < -0.39 is 0 Å². The molecule has 1 N–H and O–H groups in total. The van der Waals surface area contributed by atoms with Crippen molar-refractivity contribution in [3.63, 3.8) is 0 Å². The van der Waals surface area contributed by atoms with E-state index in [1.807, 2.05) is 0 Å². The molecule has 0 aromatic heterocycles. The smallest absolute Gasteiger partial charge is 0.0256 e. The summed E-state index contributed by atoms with van der Waals surface area (Å²) in [4.78, 5) is 0. The van der Waals surface area contributed by atoms with Crippen LogP contribution in [0.15, 0.2) is 0 Å². The molecule has 1 fully saturated rings. The summed E-state index contributed by atoms with van der Waals surface area (Å²) >= 11 is 2.14. The lowest BCUT2D eigenvalue weighted by Gasteiger charge is -2.26. The first kappa shape index (κ1) is 12.4. The molecule has 14 heavy (non-hydrogen) atoms. The molecule has 0 spiro atoms. The minimum atomic E-state index is 0.519. The summed E-state index contributed by atoms with van der Waals surface area (Å²) in [6.45, 7) is 10.5. The van der Waals surface area contributed by atoms with Gasteiger partial charge in [-0.3, -0.25) is 0 Å². The van der Waals surface area contributed by atoms with Gasteiger partial charge in [-0.05, 0) is 44.8 Å². The fourth-order valence-corrected chi connectivity index (χ4v) is 3.41. The maximum atomic E-state index is 3.68. The Kier molecular flexibility index (Phi) is 4.78. The van der Waals surface area contributed by atoms with Crippen molar-refractivity contribution in [3.05, 3.63) is 0 Å². The molecule has 0 bridgehead atoms. The number of thioether (sulfide) groups is 1. The van der Waals surface area contributed by atoms with Gasteiger partial charge < -0.3 is 5.32 Å². The van der Waals surface area contributed by atoms with Crippen LogP contribution in [-0.4, -0.2) is 23.1 Å². The highest BCUT2D eigenvalue weighted by Crippen LogP contribution is 2.37. The van der Waals surface area contributed by atoms with Gasteiger partial charge in [0.1, 0.15) is 0 Å². The van der Waals surface area contributed by atoms with Crippen molar-refractivity contribution in [2.24, 2.45) is 5.92 Å². The van der Waals surface area contributed by atoms with Crippen molar-refractivity contribution in [1.82, 2.24) is 5.32 Å². The molecule has 1 saturated heterocycles. The van der Waals surface area contributed by atoms with Gasteiger partial charge in [-0.2, -0.15) is 11.8 Å². The summed E-state index contributed by atoms with van der Waals surface area (Å²) in [7, 11) is 0. The van der Waals surface area contributed by atoms with Crippen LogP contribution in [-0.2, 0) is 0 Å². The van der Waals surface area contributed by atoms with Crippen LogP contribution in [0.3, 0.4) is 0 Å². The number of nitrogens with one attached hydrogen (secondary N) is 1. The second-order valence-corrected chi connectivity index (χ2v) is 7.00. The Bertz CT molecular complexity index is 162. The van der Waals surface area contributed by atoms with Crippen LogP contribution in [0.4, 0.5) is 0 Å².